The van der Waals surface area contributed by atoms with Gasteiger partial charge in [0.15, 0.2) is 0 Å². The third-order valence-electron chi connectivity index (χ3n) is 1.16. The van der Waals surface area contributed by atoms with Crippen molar-refractivity contribution in [2.24, 2.45) is 5.90 Å². The second-order valence-electron chi connectivity index (χ2n) is 1.86. The molecule has 0 aromatic heterocycles. The average Bonchev–Trinajstić information content (AvgIpc) is 2.06. The van der Waals surface area contributed by atoms with Crippen molar-refractivity contribution in [1.82, 2.24) is 0 Å². The third kappa shape index (κ3) is 2.85. The van der Waals surface area contributed by atoms with E-state index in [4.69, 9.17) is 0 Å². The molecule has 1 rings (SSSR count). The Morgan fingerprint density at radius 1 is 1.17 bits per heavy atom. The molecule has 0 spiro atoms. The van der Waals surface area contributed by atoms with Gasteiger partial charge in [-0.3, -0.25) is 0 Å². The minimum atomic E-state index is -3.72. The topological polar surface area (TPSA) is 69.4 Å². The van der Waals surface area contributed by atoms with Crippen molar-refractivity contribution in [3.63, 3.8) is 0 Å². The zero-order valence-electron chi connectivity index (χ0n) is 6.60. The maximum absolute atomic E-state index is 10.9. The summed E-state index contributed by atoms with van der Waals surface area (Å²) < 4.78 is 25.5. The molecule has 1 aromatic rings. The summed E-state index contributed by atoms with van der Waals surface area (Å²) in [7, 11) is -3.72. The van der Waals surface area contributed by atoms with E-state index in [1.165, 1.54) is 12.1 Å². The van der Waals surface area contributed by atoms with Crippen molar-refractivity contribution < 1.29 is 42.3 Å². The van der Waals surface area contributed by atoms with E-state index in [9.17, 15) is 8.42 Å². The number of hydrogen-bond donors (Lipinski definition) is 1. The van der Waals surface area contributed by atoms with E-state index in [2.05, 4.69) is 10.2 Å². The molecule has 6 heteroatoms. The number of hydrogen-bond acceptors (Lipinski definition) is 4. The van der Waals surface area contributed by atoms with E-state index < -0.39 is 10.1 Å². The Balaban J connectivity index is 0.00000121. The van der Waals surface area contributed by atoms with Crippen molar-refractivity contribution in [2.75, 3.05) is 0 Å². The fourth-order valence-electron chi connectivity index (χ4n) is 0.643. The number of benzene rings is 1. The Morgan fingerprint density at radius 3 is 2.08 bits per heavy atom. The van der Waals surface area contributed by atoms with Crippen LogP contribution < -0.4 is 35.5 Å². The van der Waals surface area contributed by atoms with Gasteiger partial charge in [-0.25, -0.2) is 0 Å². The molecule has 2 N–H and O–H groups in total. The molecule has 60 valence electrons. The first-order valence-electron chi connectivity index (χ1n) is 2.85. The molecule has 0 bridgehead atoms. The van der Waals surface area contributed by atoms with Crippen LogP contribution in [0.15, 0.2) is 35.2 Å². The average molecular weight is 196 g/mol. The smallest absolute Gasteiger partial charge is 0.197 e. The molecule has 0 heterocycles. The van der Waals surface area contributed by atoms with Gasteiger partial charge in [-0.2, -0.15) is 18.6 Å². The summed E-state index contributed by atoms with van der Waals surface area (Å²) in [5.74, 6) is 4.55. The molecule has 0 aliphatic heterocycles. The van der Waals surface area contributed by atoms with Crippen LogP contribution in [0, 0.1) is 0 Å². The van der Waals surface area contributed by atoms with Crippen molar-refractivity contribution in [3.8, 4) is 0 Å². The van der Waals surface area contributed by atoms with Gasteiger partial charge in [0.05, 0.1) is 4.90 Å². The van der Waals surface area contributed by atoms with Crippen LogP contribution in [0.2, 0.25) is 0 Å². The van der Waals surface area contributed by atoms with E-state index in [0.717, 1.165) is 0 Å². The maximum atomic E-state index is 10.9. The molecule has 0 fully saturated rings. The van der Waals surface area contributed by atoms with Crippen LogP contribution in [-0.4, -0.2) is 8.42 Å². The fraction of sp³-hybridized carbons (Fsp3) is 0. The molecule has 0 atom stereocenters. The van der Waals surface area contributed by atoms with Crippen molar-refractivity contribution in [2.45, 2.75) is 4.90 Å². The van der Waals surface area contributed by atoms with Crippen LogP contribution in [0.1, 0.15) is 0 Å². The Morgan fingerprint density at radius 2 is 1.67 bits per heavy atom. The SMILES string of the molecule is NOS(=O)(=O)c1ccccc1.[Na+]. The summed E-state index contributed by atoms with van der Waals surface area (Å²) in [5, 5.41) is 0. The van der Waals surface area contributed by atoms with Crippen molar-refractivity contribution >= 4 is 10.1 Å². The molecule has 0 aliphatic carbocycles. The predicted octanol–water partition coefficient (Wildman–Crippen LogP) is -2.73. The van der Waals surface area contributed by atoms with Gasteiger partial charge in [0.2, 0.25) is 0 Å². The van der Waals surface area contributed by atoms with E-state index in [1.54, 1.807) is 18.2 Å². The van der Waals surface area contributed by atoms with Crippen LogP contribution in [0.3, 0.4) is 0 Å². The Labute approximate surface area is 93.1 Å². The quantitative estimate of drug-likeness (QED) is 0.412. The third-order valence-corrected chi connectivity index (χ3v) is 2.26. The van der Waals surface area contributed by atoms with Gasteiger partial charge < -0.3 is 0 Å². The van der Waals surface area contributed by atoms with Crippen LogP contribution in [-0.2, 0) is 14.4 Å². The summed E-state index contributed by atoms with van der Waals surface area (Å²) in [6, 6.07) is 7.69. The van der Waals surface area contributed by atoms with Gasteiger partial charge in [-0.15, -0.1) is 0 Å². The molecular formula is C6H7NNaO3S+. The van der Waals surface area contributed by atoms with Crippen molar-refractivity contribution in [1.29, 1.82) is 0 Å². The normalized spacial score (nSPS) is 10.4. The van der Waals surface area contributed by atoms with Gasteiger partial charge >= 0.3 is 39.7 Å². The summed E-state index contributed by atoms with van der Waals surface area (Å²) >= 11 is 0. The van der Waals surface area contributed by atoms with Gasteiger partial charge in [-0.1, -0.05) is 18.2 Å². The second-order valence-corrected chi connectivity index (χ2v) is 3.44. The minimum absolute atomic E-state index is 0. The molecule has 1 aromatic carbocycles. The van der Waals surface area contributed by atoms with E-state index >= 15 is 0 Å². The van der Waals surface area contributed by atoms with E-state index in [0.29, 0.717) is 0 Å². The van der Waals surface area contributed by atoms with Crippen molar-refractivity contribution in [3.05, 3.63) is 30.3 Å². The zero-order chi connectivity index (χ0) is 8.32. The molecule has 4 nitrogen and oxygen atoms in total. The number of rotatable bonds is 2. The number of nitrogens with two attached hydrogens (primary N) is 1. The zero-order valence-corrected chi connectivity index (χ0v) is 9.41. The molecule has 0 unspecified atom stereocenters. The van der Waals surface area contributed by atoms with Gasteiger partial charge in [-0.05, 0) is 12.1 Å². The minimum Gasteiger partial charge on any atom is -0.197 e. The van der Waals surface area contributed by atoms with Crippen LogP contribution in [0.4, 0.5) is 0 Å². The molecule has 0 radical (unpaired) electrons. The molecule has 0 saturated carbocycles. The summed E-state index contributed by atoms with van der Waals surface area (Å²) in [5.41, 5.74) is 0. The summed E-state index contributed by atoms with van der Waals surface area (Å²) in [6.45, 7) is 0. The van der Waals surface area contributed by atoms with Gasteiger partial charge in [0, 0.05) is 0 Å². The van der Waals surface area contributed by atoms with Crippen LogP contribution in [0.5, 0.6) is 0 Å². The largest absolute Gasteiger partial charge is 1.00 e. The second kappa shape index (κ2) is 4.96. The Kier molecular flexibility index (Phi) is 5.00. The van der Waals surface area contributed by atoms with Gasteiger partial charge in [0.25, 0.3) is 0 Å². The molecular weight excluding hydrogens is 189 g/mol. The van der Waals surface area contributed by atoms with Crippen LogP contribution >= 0.6 is 0 Å². The molecule has 12 heavy (non-hydrogen) atoms. The van der Waals surface area contributed by atoms with Crippen LogP contribution in [0.25, 0.3) is 0 Å². The molecule has 0 amide bonds. The first-order valence-corrected chi connectivity index (χ1v) is 4.26. The van der Waals surface area contributed by atoms with E-state index in [1.807, 2.05) is 0 Å². The Bertz CT molecular complexity index is 324. The molecule has 0 saturated heterocycles. The Hall–Kier alpha value is 0.0900. The van der Waals surface area contributed by atoms with E-state index in [-0.39, 0.29) is 34.5 Å². The monoisotopic (exact) mass is 196 g/mol. The molecule has 0 aliphatic rings. The van der Waals surface area contributed by atoms with Gasteiger partial charge in [0.1, 0.15) is 0 Å². The maximum Gasteiger partial charge on any atom is 1.00 e. The fourth-order valence-corrected chi connectivity index (χ4v) is 1.24. The summed E-state index contributed by atoms with van der Waals surface area (Å²) in [4.78, 5) is 0.0579. The standard InChI is InChI=1S/C6H7NO3S.Na/c7-10-11(8,9)6-4-2-1-3-5-6;/h1-5H,7H2;/q;+1. The summed E-state index contributed by atoms with van der Waals surface area (Å²) in [6.07, 6.45) is 0. The first kappa shape index (κ1) is 12.1. The predicted molar refractivity (Wildman–Crippen MR) is 38.9 cm³/mol. The first-order chi connectivity index (χ1) is 5.17.